The molecule has 2 heterocycles. The quantitative estimate of drug-likeness (QED) is 0.857. The highest BCUT2D eigenvalue weighted by Gasteiger charge is 2.70. The van der Waals surface area contributed by atoms with Gasteiger partial charge in [0.15, 0.2) is 0 Å². The van der Waals surface area contributed by atoms with Gasteiger partial charge in [-0.1, -0.05) is 13.8 Å². The molecule has 1 amide bonds. The average molecular weight is 353 g/mol. The Hall–Kier alpha value is -1.30. The van der Waals surface area contributed by atoms with Crippen LogP contribution in [0.25, 0.3) is 0 Å². The third-order valence-electron chi connectivity index (χ3n) is 6.01. The predicted molar refractivity (Wildman–Crippen MR) is 94.7 cm³/mol. The first-order chi connectivity index (χ1) is 10.9. The van der Waals surface area contributed by atoms with Crippen molar-refractivity contribution >= 4 is 24.0 Å². The van der Waals surface area contributed by atoms with Gasteiger partial charge in [0.05, 0.1) is 12.7 Å². The average Bonchev–Trinajstić information content (AvgIpc) is 3.01. The Bertz CT molecular complexity index is 664. The molecule has 24 heavy (non-hydrogen) atoms. The van der Waals surface area contributed by atoms with Crippen molar-refractivity contribution in [2.45, 2.75) is 44.8 Å². The van der Waals surface area contributed by atoms with Crippen LogP contribution in [0.4, 0.5) is 5.69 Å². The number of nitrogens with two attached hydrogens (primary N) is 1. The van der Waals surface area contributed by atoms with Crippen LogP contribution in [0.15, 0.2) is 18.2 Å². The SMILES string of the molecule is CC1(C)C2OCCCC2C1(N)C(=O)Nc1ccc2c(c1)CCO2.Cl. The van der Waals surface area contributed by atoms with Crippen LogP contribution in [0, 0.1) is 11.3 Å². The van der Waals surface area contributed by atoms with Crippen molar-refractivity contribution in [2.24, 2.45) is 17.1 Å². The van der Waals surface area contributed by atoms with Crippen molar-refractivity contribution in [3.05, 3.63) is 23.8 Å². The molecule has 3 aliphatic rings. The first-order valence-corrected chi connectivity index (χ1v) is 8.42. The molecule has 6 heteroatoms. The Morgan fingerprint density at radius 1 is 1.33 bits per heavy atom. The van der Waals surface area contributed by atoms with Crippen molar-refractivity contribution in [1.82, 2.24) is 0 Å². The first kappa shape index (κ1) is 17.5. The van der Waals surface area contributed by atoms with Gasteiger partial charge in [0.2, 0.25) is 5.91 Å². The zero-order chi connectivity index (χ0) is 16.2. The lowest BCUT2D eigenvalue weighted by atomic mass is 9.46. The predicted octanol–water partition coefficient (Wildman–Crippen LogP) is 2.51. The van der Waals surface area contributed by atoms with E-state index in [0.717, 1.165) is 42.9 Å². The van der Waals surface area contributed by atoms with E-state index in [0.29, 0.717) is 6.61 Å². The van der Waals surface area contributed by atoms with E-state index in [9.17, 15) is 4.79 Å². The lowest BCUT2D eigenvalue weighted by Crippen LogP contribution is -2.81. The second-order valence-electron chi connectivity index (χ2n) is 7.51. The van der Waals surface area contributed by atoms with Gasteiger partial charge in [-0.05, 0) is 36.6 Å². The maximum atomic E-state index is 13.0. The normalized spacial score (nSPS) is 32.5. The van der Waals surface area contributed by atoms with E-state index in [2.05, 4.69) is 5.32 Å². The van der Waals surface area contributed by atoms with Gasteiger partial charge < -0.3 is 20.5 Å². The Morgan fingerprint density at radius 2 is 2.12 bits per heavy atom. The highest BCUT2D eigenvalue weighted by molar-refractivity contribution is 6.00. The van der Waals surface area contributed by atoms with Gasteiger partial charge in [-0.2, -0.15) is 0 Å². The summed E-state index contributed by atoms with van der Waals surface area (Å²) in [5.41, 5.74) is 7.31. The van der Waals surface area contributed by atoms with Gasteiger partial charge in [0.25, 0.3) is 0 Å². The number of amides is 1. The Kier molecular flexibility index (Phi) is 4.31. The minimum absolute atomic E-state index is 0. The zero-order valence-corrected chi connectivity index (χ0v) is 14.9. The lowest BCUT2D eigenvalue weighted by Gasteiger charge is -2.65. The van der Waals surface area contributed by atoms with Crippen LogP contribution in [-0.4, -0.2) is 30.8 Å². The molecule has 1 aromatic carbocycles. The molecule has 2 fully saturated rings. The van der Waals surface area contributed by atoms with Gasteiger partial charge in [0, 0.05) is 30.0 Å². The number of rotatable bonds is 2. The summed E-state index contributed by atoms with van der Waals surface area (Å²) in [7, 11) is 0. The van der Waals surface area contributed by atoms with Crippen molar-refractivity contribution in [2.75, 3.05) is 18.5 Å². The van der Waals surface area contributed by atoms with Crippen LogP contribution in [0.1, 0.15) is 32.3 Å². The summed E-state index contributed by atoms with van der Waals surface area (Å²) in [6.07, 6.45) is 2.90. The van der Waals surface area contributed by atoms with Gasteiger partial charge >= 0.3 is 0 Å². The molecule has 4 rings (SSSR count). The second kappa shape index (κ2) is 5.90. The minimum Gasteiger partial charge on any atom is -0.493 e. The minimum atomic E-state index is -0.881. The van der Waals surface area contributed by atoms with E-state index < -0.39 is 5.54 Å². The number of hydrogen-bond acceptors (Lipinski definition) is 4. The van der Waals surface area contributed by atoms with E-state index in [1.807, 2.05) is 32.0 Å². The monoisotopic (exact) mass is 352 g/mol. The number of carbonyl (C=O) groups is 1. The van der Waals surface area contributed by atoms with E-state index >= 15 is 0 Å². The van der Waals surface area contributed by atoms with Crippen molar-refractivity contribution in [3.63, 3.8) is 0 Å². The molecule has 3 atom stereocenters. The van der Waals surface area contributed by atoms with Crippen LogP contribution in [0.2, 0.25) is 0 Å². The molecule has 3 N–H and O–H groups in total. The van der Waals surface area contributed by atoms with Gasteiger partial charge in [-0.25, -0.2) is 0 Å². The number of ether oxygens (including phenoxy) is 2. The summed E-state index contributed by atoms with van der Waals surface area (Å²) in [4.78, 5) is 13.0. The van der Waals surface area contributed by atoms with E-state index in [1.54, 1.807) is 0 Å². The fourth-order valence-corrected chi connectivity index (χ4v) is 4.54. The number of anilines is 1. The molecule has 1 saturated heterocycles. The summed E-state index contributed by atoms with van der Waals surface area (Å²) < 4.78 is 11.4. The largest absolute Gasteiger partial charge is 0.493 e. The van der Waals surface area contributed by atoms with Crippen LogP contribution in [0.5, 0.6) is 5.75 Å². The fraction of sp³-hybridized carbons (Fsp3) is 0.611. The fourth-order valence-electron chi connectivity index (χ4n) is 4.54. The molecular weight excluding hydrogens is 328 g/mol. The summed E-state index contributed by atoms with van der Waals surface area (Å²) >= 11 is 0. The summed E-state index contributed by atoms with van der Waals surface area (Å²) in [6, 6.07) is 5.79. The standard InChI is InChI=1S/C18H24N2O3.ClH/c1-17(2)15-13(4-3-8-23-15)18(17,19)16(21)20-12-5-6-14-11(10-12)7-9-22-14;/h5-6,10,13,15H,3-4,7-9,19H2,1-2H3,(H,20,21);1H. The lowest BCUT2D eigenvalue weighted by molar-refractivity contribution is -0.222. The van der Waals surface area contributed by atoms with Crippen LogP contribution in [-0.2, 0) is 16.0 Å². The zero-order valence-electron chi connectivity index (χ0n) is 14.1. The van der Waals surface area contributed by atoms with Crippen LogP contribution >= 0.6 is 12.4 Å². The maximum absolute atomic E-state index is 13.0. The smallest absolute Gasteiger partial charge is 0.245 e. The molecule has 132 valence electrons. The number of halogens is 1. The third kappa shape index (κ3) is 2.25. The topological polar surface area (TPSA) is 73.6 Å². The van der Waals surface area contributed by atoms with Gasteiger partial charge in [0.1, 0.15) is 11.3 Å². The molecule has 1 saturated carbocycles. The molecule has 0 spiro atoms. The molecule has 0 bridgehead atoms. The molecule has 1 aromatic rings. The molecule has 3 unspecified atom stereocenters. The molecule has 2 aliphatic heterocycles. The third-order valence-corrected chi connectivity index (χ3v) is 6.01. The molecular formula is C18H25ClN2O3. The molecule has 0 aromatic heterocycles. The first-order valence-electron chi connectivity index (χ1n) is 8.42. The van der Waals surface area contributed by atoms with Gasteiger partial charge in [-0.15, -0.1) is 12.4 Å². The van der Waals surface area contributed by atoms with Crippen molar-refractivity contribution < 1.29 is 14.3 Å². The highest BCUT2D eigenvalue weighted by Crippen LogP contribution is 2.57. The second-order valence-corrected chi connectivity index (χ2v) is 7.51. The number of fused-ring (bicyclic) bond motifs is 2. The van der Waals surface area contributed by atoms with Crippen molar-refractivity contribution in [3.8, 4) is 5.75 Å². The summed E-state index contributed by atoms with van der Waals surface area (Å²) in [6.45, 7) is 5.56. The Morgan fingerprint density at radius 3 is 2.92 bits per heavy atom. The highest BCUT2D eigenvalue weighted by atomic mass is 35.5. The number of hydrogen-bond donors (Lipinski definition) is 2. The maximum Gasteiger partial charge on any atom is 0.245 e. The number of benzene rings is 1. The van der Waals surface area contributed by atoms with Gasteiger partial charge in [-0.3, -0.25) is 4.79 Å². The van der Waals surface area contributed by atoms with E-state index in [4.69, 9.17) is 15.2 Å². The number of nitrogens with one attached hydrogen (secondary N) is 1. The number of carbonyl (C=O) groups excluding carboxylic acids is 1. The van der Waals surface area contributed by atoms with E-state index in [-0.39, 0.29) is 35.8 Å². The van der Waals surface area contributed by atoms with E-state index in [1.165, 1.54) is 0 Å². The van der Waals surface area contributed by atoms with Crippen molar-refractivity contribution in [1.29, 1.82) is 0 Å². The van der Waals surface area contributed by atoms with Crippen LogP contribution in [0.3, 0.4) is 0 Å². The summed E-state index contributed by atoms with van der Waals surface area (Å²) in [5.74, 6) is 0.910. The Balaban J connectivity index is 0.00000169. The molecule has 0 radical (unpaired) electrons. The summed E-state index contributed by atoms with van der Waals surface area (Å²) in [5, 5.41) is 3.03. The van der Waals surface area contributed by atoms with Crippen LogP contribution < -0.4 is 15.8 Å². The molecule has 1 aliphatic carbocycles. The Labute approximate surface area is 148 Å². The molecule has 5 nitrogen and oxygen atoms in total.